The maximum atomic E-state index is 11.6. The zero-order valence-corrected chi connectivity index (χ0v) is 12.7. The van der Waals surface area contributed by atoms with E-state index >= 15 is 0 Å². The summed E-state index contributed by atoms with van der Waals surface area (Å²) in [4.78, 5) is 22.0. The Bertz CT molecular complexity index is 589. The van der Waals surface area contributed by atoms with Crippen LogP contribution in [-0.4, -0.2) is 46.7 Å². The van der Waals surface area contributed by atoms with Gasteiger partial charge in [0, 0.05) is 25.3 Å². The highest BCUT2D eigenvalue weighted by molar-refractivity contribution is 7.22. The zero-order chi connectivity index (χ0) is 14.7. The number of aromatic nitrogens is 2. The number of pyridine rings is 1. The van der Waals surface area contributed by atoms with Crippen molar-refractivity contribution < 1.29 is 9.53 Å². The SMILES string of the molecule is CCOC(=O)N1CCC(Nc2nc3cnccc3s2)CC1. The van der Waals surface area contributed by atoms with E-state index in [4.69, 9.17) is 4.74 Å². The molecule has 6 nitrogen and oxygen atoms in total. The molecule has 1 amide bonds. The van der Waals surface area contributed by atoms with E-state index < -0.39 is 0 Å². The minimum atomic E-state index is -0.206. The molecule has 7 heteroatoms. The molecule has 2 aromatic heterocycles. The van der Waals surface area contributed by atoms with Crippen LogP contribution in [0, 0.1) is 0 Å². The van der Waals surface area contributed by atoms with Gasteiger partial charge < -0.3 is 15.0 Å². The number of amides is 1. The van der Waals surface area contributed by atoms with Crippen LogP contribution >= 0.6 is 11.3 Å². The van der Waals surface area contributed by atoms with Crippen molar-refractivity contribution in [3.63, 3.8) is 0 Å². The first-order valence-electron chi connectivity index (χ1n) is 7.15. The number of carbonyl (C=O) groups excluding carboxylic acids is 1. The lowest BCUT2D eigenvalue weighted by atomic mass is 10.1. The third kappa shape index (κ3) is 3.24. The molecular weight excluding hydrogens is 288 g/mol. The Kier molecular flexibility index (Phi) is 4.19. The van der Waals surface area contributed by atoms with Gasteiger partial charge in [0.2, 0.25) is 0 Å². The topological polar surface area (TPSA) is 67.3 Å². The number of likely N-dealkylation sites (tertiary alicyclic amines) is 1. The van der Waals surface area contributed by atoms with Crippen molar-refractivity contribution in [1.29, 1.82) is 0 Å². The highest BCUT2D eigenvalue weighted by Crippen LogP contribution is 2.26. The van der Waals surface area contributed by atoms with Crippen LogP contribution in [0.5, 0.6) is 0 Å². The zero-order valence-electron chi connectivity index (χ0n) is 11.9. The van der Waals surface area contributed by atoms with E-state index in [1.807, 2.05) is 13.0 Å². The van der Waals surface area contributed by atoms with E-state index in [0.717, 1.165) is 41.3 Å². The van der Waals surface area contributed by atoms with E-state index in [1.165, 1.54) is 0 Å². The summed E-state index contributed by atoms with van der Waals surface area (Å²) < 4.78 is 6.16. The van der Waals surface area contributed by atoms with Gasteiger partial charge >= 0.3 is 6.09 Å². The lowest BCUT2D eigenvalue weighted by Crippen LogP contribution is -2.42. The number of rotatable bonds is 3. The lowest BCUT2D eigenvalue weighted by Gasteiger charge is -2.31. The maximum Gasteiger partial charge on any atom is 0.409 e. The average molecular weight is 306 g/mol. The largest absolute Gasteiger partial charge is 0.450 e. The van der Waals surface area contributed by atoms with Gasteiger partial charge in [-0.2, -0.15) is 0 Å². The molecule has 3 rings (SSSR count). The Morgan fingerprint density at radius 3 is 3.05 bits per heavy atom. The van der Waals surface area contributed by atoms with E-state index in [1.54, 1.807) is 28.6 Å². The number of thiazole rings is 1. The van der Waals surface area contributed by atoms with Crippen LogP contribution in [0.1, 0.15) is 19.8 Å². The van der Waals surface area contributed by atoms with Gasteiger partial charge in [-0.25, -0.2) is 9.78 Å². The third-order valence-electron chi connectivity index (χ3n) is 3.54. The predicted octanol–water partition coefficient (Wildman–Crippen LogP) is 2.72. The van der Waals surface area contributed by atoms with Crippen molar-refractivity contribution in [3.8, 4) is 0 Å². The fraction of sp³-hybridized carbons (Fsp3) is 0.500. The van der Waals surface area contributed by atoms with Crippen molar-refractivity contribution >= 4 is 32.8 Å². The van der Waals surface area contributed by atoms with E-state index in [2.05, 4.69) is 15.3 Å². The minimum Gasteiger partial charge on any atom is -0.450 e. The second kappa shape index (κ2) is 6.26. The number of anilines is 1. The Morgan fingerprint density at radius 1 is 1.52 bits per heavy atom. The van der Waals surface area contributed by atoms with Crippen LogP contribution in [0.4, 0.5) is 9.93 Å². The van der Waals surface area contributed by atoms with Crippen LogP contribution in [0.25, 0.3) is 10.2 Å². The molecule has 3 heterocycles. The van der Waals surface area contributed by atoms with Gasteiger partial charge in [-0.05, 0) is 25.8 Å². The quantitative estimate of drug-likeness (QED) is 0.944. The molecule has 1 saturated heterocycles. The van der Waals surface area contributed by atoms with Crippen LogP contribution < -0.4 is 5.32 Å². The van der Waals surface area contributed by atoms with Crippen molar-refractivity contribution in [1.82, 2.24) is 14.9 Å². The third-order valence-corrected chi connectivity index (χ3v) is 4.51. The van der Waals surface area contributed by atoms with Crippen molar-refractivity contribution in [2.24, 2.45) is 0 Å². The Balaban J connectivity index is 1.56. The second-order valence-corrected chi connectivity index (χ2v) is 6.00. The molecule has 1 aliphatic rings. The maximum absolute atomic E-state index is 11.6. The molecule has 112 valence electrons. The van der Waals surface area contributed by atoms with E-state index in [-0.39, 0.29) is 6.09 Å². The predicted molar refractivity (Wildman–Crippen MR) is 82.7 cm³/mol. The van der Waals surface area contributed by atoms with Crippen LogP contribution in [0.2, 0.25) is 0 Å². The van der Waals surface area contributed by atoms with Crippen LogP contribution in [-0.2, 0) is 4.74 Å². The second-order valence-electron chi connectivity index (χ2n) is 4.97. The summed E-state index contributed by atoms with van der Waals surface area (Å²) in [5.41, 5.74) is 0.925. The summed E-state index contributed by atoms with van der Waals surface area (Å²) in [7, 11) is 0. The number of nitrogens with one attached hydrogen (secondary N) is 1. The number of nitrogens with zero attached hydrogens (tertiary/aromatic N) is 3. The average Bonchev–Trinajstić information content (AvgIpc) is 2.90. The molecule has 0 radical (unpaired) electrons. The monoisotopic (exact) mass is 306 g/mol. The van der Waals surface area contributed by atoms with Gasteiger partial charge in [0.15, 0.2) is 5.13 Å². The number of hydrogen-bond donors (Lipinski definition) is 1. The van der Waals surface area contributed by atoms with Crippen LogP contribution in [0.15, 0.2) is 18.5 Å². The molecule has 0 bridgehead atoms. The first-order chi connectivity index (χ1) is 10.3. The summed E-state index contributed by atoms with van der Waals surface area (Å²) in [6.07, 6.45) is 5.17. The molecule has 0 aromatic carbocycles. The number of carbonyl (C=O) groups is 1. The molecule has 1 N–H and O–H groups in total. The van der Waals surface area contributed by atoms with Crippen molar-refractivity contribution in [2.75, 3.05) is 25.0 Å². The summed E-state index contributed by atoms with van der Waals surface area (Å²) in [6.45, 7) is 3.71. The standard InChI is InChI=1S/C14H18N4O2S/c1-2-20-14(19)18-7-4-10(5-8-18)16-13-17-11-9-15-6-3-12(11)21-13/h3,6,9-10H,2,4-5,7-8H2,1H3,(H,16,17). The highest BCUT2D eigenvalue weighted by atomic mass is 32.1. The van der Waals surface area contributed by atoms with Crippen molar-refractivity contribution in [3.05, 3.63) is 18.5 Å². The number of hydrogen-bond acceptors (Lipinski definition) is 6. The Hall–Kier alpha value is -1.89. The van der Waals surface area contributed by atoms with Crippen molar-refractivity contribution in [2.45, 2.75) is 25.8 Å². The lowest BCUT2D eigenvalue weighted by molar-refractivity contribution is 0.0983. The number of piperidine rings is 1. The Labute approximate surface area is 127 Å². The summed E-state index contributed by atoms with van der Waals surface area (Å²) in [5, 5.41) is 4.39. The van der Waals surface area contributed by atoms with Gasteiger partial charge in [0.1, 0.15) is 5.52 Å². The van der Waals surface area contributed by atoms with Gasteiger partial charge in [-0.1, -0.05) is 11.3 Å². The fourth-order valence-corrected chi connectivity index (χ4v) is 3.35. The summed E-state index contributed by atoms with van der Waals surface area (Å²) >= 11 is 1.64. The molecule has 0 aliphatic carbocycles. The normalized spacial score (nSPS) is 16.1. The van der Waals surface area contributed by atoms with E-state index in [0.29, 0.717) is 12.6 Å². The number of ether oxygens (including phenoxy) is 1. The molecule has 1 aliphatic heterocycles. The van der Waals surface area contributed by atoms with Gasteiger partial charge in [0.05, 0.1) is 17.5 Å². The summed E-state index contributed by atoms with van der Waals surface area (Å²) in [6, 6.07) is 2.32. The molecular formula is C14H18N4O2S. The molecule has 1 fully saturated rings. The fourth-order valence-electron chi connectivity index (χ4n) is 2.44. The van der Waals surface area contributed by atoms with Gasteiger partial charge in [-0.15, -0.1) is 0 Å². The van der Waals surface area contributed by atoms with Crippen LogP contribution in [0.3, 0.4) is 0 Å². The van der Waals surface area contributed by atoms with E-state index in [9.17, 15) is 4.79 Å². The first kappa shape index (κ1) is 14.1. The summed E-state index contributed by atoms with van der Waals surface area (Å²) in [5.74, 6) is 0. The molecule has 0 saturated carbocycles. The smallest absolute Gasteiger partial charge is 0.409 e. The molecule has 0 atom stereocenters. The molecule has 2 aromatic rings. The molecule has 21 heavy (non-hydrogen) atoms. The molecule has 0 spiro atoms. The number of fused-ring (bicyclic) bond motifs is 1. The highest BCUT2D eigenvalue weighted by Gasteiger charge is 2.24. The van der Waals surface area contributed by atoms with Gasteiger partial charge in [0.25, 0.3) is 0 Å². The Morgan fingerprint density at radius 2 is 2.33 bits per heavy atom. The first-order valence-corrected chi connectivity index (χ1v) is 7.96. The van der Waals surface area contributed by atoms with Gasteiger partial charge in [-0.3, -0.25) is 4.98 Å². The minimum absolute atomic E-state index is 0.206. The molecule has 0 unspecified atom stereocenters.